The molecule has 0 heterocycles. The molecule has 0 spiro atoms. The molecule has 0 aromatic heterocycles. The first-order valence-corrected chi connectivity index (χ1v) is 20.2. The maximum atomic E-state index is 13.3. The molecular weight excluding hydrogens is 685 g/mol. The summed E-state index contributed by atoms with van der Waals surface area (Å²) in [7, 11) is 0.380. The third-order valence-electron chi connectivity index (χ3n) is 7.72. The third-order valence-corrected chi connectivity index (χ3v) is 11.7. The highest BCUT2D eigenvalue weighted by molar-refractivity contribution is 7.89. The van der Waals surface area contributed by atoms with Crippen LogP contribution in [-0.2, 0) is 39.3 Å². The number of carbonyl (C=O) groups is 1. The van der Waals surface area contributed by atoms with Crippen LogP contribution < -0.4 is 15.0 Å². The van der Waals surface area contributed by atoms with E-state index in [1.807, 2.05) is 45.3 Å². The molecule has 2 atom stereocenters. The van der Waals surface area contributed by atoms with Gasteiger partial charge in [0.25, 0.3) is 6.47 Å². The number of aliphatic hydroxyl groups is 1. The number of benzene rings is 2. The number of nitrogens with zero attached hydrogens (tertiary/aromatic N) is 2. The van der Waals surface area contributed by atoms with E-state index < -0.39 is 17.6 Å². The molecule has 2 aromatic rings. The van der Waals surface area contributed by atoms with Crippen LogP contribution in [0, 0.1) is 5.92 Å². The fraction of sp³-hybridized carbons (Fsp3) is 0.629. The normalized spacial score (nSPS) is 12.6. The van der Waals surface area contributed by atoms with Crippen molar-refractivity contribution in [3.63, 3.8) is 0 Å². The van der Waals surface area contributed by atoms with Crippen LogP contribution in [-0.4, -0.2) is 110 Å². The maximum Gasteiger partial charge on any atom is 0.335 e. The molecule has 0 unspecified atom stereocenters. The van der Waals surface area contributed by atoms with Crippen molar-refractivity contribution in [3.8, 4) is 5.75 Å². The van der Waals surface area contributed by atoms with Crippen molar-refractivity contribution in [2.75, 3.05) is 79.3 Å². The van der Waals surface area contributed by atoms with Gasteiger partial charge in [-0.1, -0.05) is 32.4 Å². The number of hydrogen-bond acceptors (Lipinski definition) is 11. The minimum absolute atomic E-state index is 0.0706. The van der Waals surface area contributed by atoms with Gasteiger partial charge in [-0.2, -0.15) is 4.31 Å². The molecule has 0 saturated heterocycles. The highest BCUT2D eigenvalue weighted by atomic mass is 32.2. The van der Waals surface area contributed by atoms with Gasteiger partial charge in [0.1, 0.15) is 5.75 Å². The summed E-state index contributed by atoms with van der Waals surface area (Å²) >= 11 is 0. The molecule has 15 heteroatoms. The summed E-state index contributed by atoms with van der Waals surface area (Å²) in [5.41, 5.74) is 1.89. The number of nitrogens with one attached hydrogen (secondary N) is 1. The van der Waals surface area contributed by atoms with Gasteiger partial charge in [0.05, 0.1) is 31.4 Å². The van der Waals surface area contributed by atoms with Crippen molar-refractivity contribution in [1.29, 1.82) is 0 Å². The van der Waals surface area contributed by atoms with Crippen LogP contribution in [0.5, 0.6) is 5.75 Å². The fourth-order valence-electron chi connectivity index (χ4n) is 4.99. The van der Waals surface area contributed by atoms with Crippen LogP contribution in [0.25, 0.3) is 0 Å². The first kappa shape index (κ1) is 47.4. The number of methoxy groups -OCH3 is 2. The topological polar surface area (TPSA) is 164 Å². The Hall–Kier alpha value is -2.55. The largest absolute Gasteiger partial charge is 0.497 e. The van der Waals surface area contributed by atoms with E-state index in [0.717, 1.165) is 37.1 Å². The quantitative estimate of drug-likeness (QED) is 0.0938. The highest BCUT2D eigenvalue weighted by Crippen LogP contribution is 2.51. The third kappa shape index (κ3) is 18.1. The number of rotatable bonds is 23. The van der Waals surface area contributed by atoms with Crippen LogP contribution in [0.2, 0.25) is 0 Å². The molecule has 13 nitrogen and oxygen atoms in total. The Kier molecular flexibility index (Phi) is 25.8. The number of carboxylic acid groups (broad SMARTS) is 1. The van der Waals surface area contributed by atoms with Gasteiger partial charge >= 0.3 is 7.60 Å². The molecule has 0 aliphatic carbocycles. The molecule has 0 amide bonds. The molecular formula is C35H62N3O10PS. The predicted molar refractivity (Wildman–Crippen MR) is 200 cm³/mol. The summed E-state index contributed by atoms with van der Waals surface area (Å²) in [6.07, 6.45) is 3.57. The summed E-state index contributed by atoms with van der Waals surface area (Å²) in [5, 5.41) is 18.8. The molecule has 50 heavy (non-hydrogen) atoms. The Labute approximate surface area is 300 Å². The number of anilines is 1. The molecule has 0 bridgehead atoms. The summed E-state index contributed by atoms with van der Waals surface area (Å²) in [4.78, 5) is 10.8. The molecule has 2 aromatic carbocycles. The SMILES string of the molecule is CCCN(CC[C@H](CN(C)c1ccc(CP(=O)(OCC)OCC)cc1)NC)S(=O)(=O)c1ccc(OC)cc1.CC[C@H](CCO)COC.O=CO. The molecule has 0 saturated carbocycles. The average Bonchev–Trinajstić information content (AvgIpc) is 3.10. The van der Waals surface area contributed by atoms with Crippen molar-refractivity contribution in [2.24, 2.45) is 5.92 Å². The van der Waals surface area contributed by atoms with E-state index in [-0.39, 0.29) is 30.2 Å². The lowest BCUT2D eigenvalue weighted by molar-refractivity contribution is -0.122. The maximum absolute atomic E-state index is 13.3. The van der Waals surface area contributed by atoms with Gasteiger partial charge in [0.2, 0.25) is 10.0 Å². The Balaban J connectivity index is 0.00000171. The Morgan fingerprint density at radius 3 is 1.96 bits per heavy atom. The van der Waals surface area contributed by atoms with E-state index in [2.05, 4.69) is 17.1 Å². The van der Waals surface area contributed by atoms with E-state index in [1.165, 1.54) is 0 Å². The molecule has 2 rings (SSSR count). The van der Waals surface area contributed by atoms with Crippen molar-refractivity contribution in [2.45, 2.75) is 70.5 Å². The lowest BCUT2D eigenvalue weighted by atomic mass is 10.0. The van der Waals surface area contributed by atoms with E-state index >= 15 is 0 Å². The zero-order chi connectivity index (χ0) is 38.0. The van der Waals surface area contributed by atoms with E-state index in [4.69, 9.17) is 33.5 Å². The fourth-order valence-corrected chi connectivity index (χ4v) is 8.23. The van der Waals surface area contributed by atoms with E-state index in [1.54, 1.807) is 56.6 Å². The van der Waals surface area contributed by atoms with Gasteiger partial charge in [-0.3, -0.25) is 9.36 Å². The zero-order valence-corrected chi connectivity index (χ0v) is 33.0. The minimum Gasteiger partial charge on any atom is -0.497 e. The summed E-state index contributed by atoms with van der Waals surface area (Å²) in [6.45, 7) is 10.7. The number of ether oxygens (including phenoxy) is 2. The minimum atomic E-state index is -3.61. The lowest BCUT2D eigenvalue weighted by Gasteiger charge is -2.28. The van der Waals surface area contributed by atoms with E-state index in [9.17, 15) is 13.0 Å². The zero-order valence-electron chi connectivity index (χ0n) is 31.2. The second-order valence-electron chi connectivity index (χ2n) is 11.4. The molecule has 0 aliphatic rings. The van der Waals surface area contributed by atoms with Crippen LogP contribution in [0.3, 0.4) is 0 Å². The highest BCUT2D eigenvalue weighted by Gasteiger charge is 2.26. The van der Waals surface area contributed by atoms with Gasteiger partial charge in [-0.05, 0) is 88.0 Å². The van der Waals surface area contributed by atoms with Gasteiger partial charge in [-0.25, -0.2) is 8.42 Å². The molecule has 0 aliphatic heterocycles. The molecule has 0 radical (unpaired) electrons. The van der Waals surface area contributed by atoms with Gasteiger partial charge in [0, 0.05) is 58.7 Å². The first-order chi connectivity index (χ1) is 23.9. The van der Waals surface area contributed by atoms with Crippen LogP contribution in [0.4, 0.5) is 5.69 Å². The summed E-state index contributed by atoms with van der Waals surface area (Å²) in [5.74, 6) is 1.16. The molecule has 288 valence electrons. The molecule has 0 fully saturated rings. The van der Waals surface area contributed by atoms with Crippen molar-refractivity contribution < 1.29 is 46.5 Å². The average molecular weight is 748 g/mol. The van der Waals surface area contributed by atoms with Gasteiger partial charge in [-0.15, -0.1) is 0 Å². The van der Waals surface area contributed by atoms with Crippen molar-refractivity contribution in [1.82, 2.24) is 9.62 Å². The van der Waals surface area contributed by atoms with Gasteiger partial charge < -0.3 is 39.0 Å². The Bertz CT molecular complexity index is 1280. The Morgan fingerprint density at radius 2 is 1.52 bits per heavy atom. The second kappa shape index (κ2) is 27.1. The van der Waals surface area contributed by atoms with Crippen LogP contribution >= 0.6 is 7.60 Å². The van der Waals surface area contributed by atoms with Crippen molar-refractivity contribution in [3.05, 3.63) is 54.1 Å². The first-order valence-electron chi connectivity index (χ1n) is 17.1. The van der Waals surface area contributed by atoms with Crippen molar-refractivity contribution >= 4 is 29.8 Å². The lowest BCUT2D eigenvalue weighted by Crippen LogP contribution is -2.42. The standard InChI is InChI=1S/C27H44N3O6PS.C7H16O2.CH2O2/c1-7-19-30(38(32,33)27-16-14-26(34-6)15-17-27)20-18-24(28-4)21-29(5)25-12-10-23(11-13-25)22-37(31,35-8-2)36-9-3;1-3-7(4-5-8)6-9-2;2-1-3/h10-17,24,28H,7-9,18-22H2,1-6H3;7-8H,3-6H2,1-2H3;1H,(H,2,3)/t24-;7-;/m11./s1. The van der Waals surface area contributed by atoms with Crippen LogP contribution in [0.1, 0.15) is 58.9 Å². The number of sulfonamides is 1. The number of likely N-dealkylation sites (N-methyl/N-ethyl adjacent to an activating group) is 2. The smallest absolute Gasteiger partial charge is 0.335 e. The van der Waals surface area contributed by atoms with E-state index in [0.29, 0.717) is 50.9 Å². The second-order valence-corrected chi connectivity index (χ2v) is 15.3. The number of aliphatic hydroxyl groups excluding tert-OH is 1. The summed E-state index contributed by atoms with van der Waals surface area (Å²) in [6, 6.07) is 14.4. The summed E-state index contributed by atoms with van der Waals surface area (Å²) < 4.78 is 61.9. The van der Waals surface area contributed by atoms with Gasteiger partial charge in [0.15, 0.2) is 0 Å². The Morgan fingerprint density at radius 1 is 0.940 bits per heavy atom. The molecule has 3 N–H and O–H groups in total. The number of hydrogen-bond donors (Lipinski definition) is 3. The predicted octanol–water partition coefficient (Wildman–Crippen LogP) is 5.72. The van der Waals surface area contributed by atoms with Crippen LogP contribution in [0.15, 0.2) is 53.4 Å². The monoisotopic (exact) mass is 747 g/mol.